The van der Waals surface area contributed by atoms with Crippen molar-refractivity contribution >= 4 is 97.2 Å². The Balaban J connectivity index is 1.12. The summed E-state index contributed by atoms with van der Waals surface area (Å²) in [6.45, 7) is 6.77. The Morgan fingerprint density at radius 3 is 1.91 bits per heavy atom. The van der Waals surface area contributed by atoms with Crippen LogP contribution in [0.3, 0.4) is 0 Å². The van der Waals surface area contributed by atoms with Crippen LogP contribution in [0.5, 0.6) is 0 Å². The van der Waals surface area contributed by atoms with Gasteiger partial charge in [0.15, 0.2) is 5.84 Å². The predicted octanol–water partition coefficient (Wildman–Crippen LogP) is 17.3. The highest BCUT2D eigenvalue weighted by Gasteiger charge is 2.25. The molecule has 0 saturated heterocycles. The molecule has 0 aliphatic carbocycles. The molecule has 0 N–H and O–H groups in total. The highest BCUT2D eigenvalue weighted by molar-refractivity contribution is 7.25. The molecular weight excluding hydrogens is 819 g/mol. The van der Waals surface area contributed by atoms with Gasteiger partial charge in [-0.1, -0.05) is 184 Å². The van der Waals surface area contributed by atoms with E-state index in [1.54, 1.807) is 0 Å². The average molecular weight is 866 g/mol. The Hall–Kier alpha value is -7.66. The van der Waals surface area contributed by atoms with E-state index < -0.39 is 0 Å². The number of amidine groups is 1. The van der Waals surface area contributed by atoms with Crippen molar-refractivity contribution in [3.8, 4) is 16.8 Å². The lowest BCUT2D eigenvalue weighted by Crippen LogP contribution is -2.13. The monoisotopic (exact) mass is 865 g/mol. The number of thiophene rings is 1. The SMILES string of the molecule is CCC(C)C(/N=C(\N=C(/C)c1ccc(-c2ccccc2)cc1)c1cc2ccccc2c2ccccc12)c1cc(-n2c3ccccc3c3cc4ccccc4cc32)c2c(c1)sc1ccccc12. The van der Waals surface area contributed by atoms with E-state index in [-0.39, 0.29) is 12.0 Å². The van der Waals surface area contributed by atoms with Gasteiger partial charge in [-0.25, -0.2) is 4.99 Å². The number of hydrogen-bond donors (Lipinski definition) is 0. The minimum Gasteiger partial charge on any atom is -0.309 e. The van der Waals surface area contributed by atoms with E-state index >= 15 is 0 Å². The number of para-hydroxylation sites is 1. The van der Waals surface area contributed by atoms with Gasteiger partial charge in [-0.3, -0.25) is 4.99 Å². The molecule has 2 heterocycles. The molecule has 66 heavy (non-hydrogen) atoms. The third kappa shape index (κ3) is 6.80. The molecular formula is C62H47N3S. The molecule has 2 aromatic heterocycles. The standard InChI is InChI=1S/C62H47N3S/c1-4-39(2)61(64-62(54-35-46-22-10-11-23-48(46)49-24-12-13-25-50(49)54)63-40(3)41-30-32-43(33-31-41)42-18-6-5-7-19-42)47-37-57(60-52-27-15-17-29-58(52)66-59(60)38-47)65-55-28-16-14-26-51(55)53-34-44-20-8-9-21-45(44)36-56(53)65/h5-39,61H,4H2,1-3H3/b63-40+,64-62-. The number of nitrogens with zero attached hydrogens (tertiary/aromatic N) is 3. The van der Waals surface area contributed by atoms with Gasteiger partial charge < -0.3 is 4.57 Å². The molecule has 2 unspecified atom stereocenters. The van der Waals surface area contributed by atoms with Crippen LogP contribution in [0.1, 0.15) is 49.9 Å². The molecule has 2 atom stereocenters. The summed E-state index contributed by atoms with van der Waals surface area (Å²) in [5, 5.41) is 12.3. The zero-order valence-electron chi connectivity index (χ0n) is 37.2. The summed E-state index contributed by atoms with van der Waals surface area (Å²) < 4.78 is 5.07. The van der Waals surface area contributed by atoms with Crippen molar-refractivity contribution in [2.75, 3.05) is 0 Å². The quantitative estimate of drug-likeness (QED) is 0.0827. The third-order valence-electron chi connectivity index (χ3n) is 13.7. The van der Waals surface area contributed by atoms with E-state index in [0.29, 0.717) is 0 Å². The molecule has 10 aromatic carbocycles. The molecule has 316 valence electrons. The normalized spacial score (nSPS) is 13.5. The first-order valence-corrected chi connectivity index (χ1v) is 23.9. The molecule has 0 saturated carbocycles. The topological polar surface area (TPSA) is 29.6 Å². The third-order valence-corrected chi connectivity index (χ3v) is 14.9. The lowest BCUT2D eigenvalue weighted by molar-refractivity contribution is 0.459. The van der Waals surface area contributed by atoms with E-state index in [1.807, 2.05) is 11.3 Å². The average Bonchev–Trinajstić information content (AvgIpc) is 3.91. The number of aliphatic imine (C=N–C) groups is 2. The van der Waals surface area contributed by atoms with Crippen LogP contribution in [-0.2, 0) is 0 Å². The van der Waals surface area contributed by atoms with Crippen molar-refractivity contribution < 1.29 is 0 Å². The highest BCUT2D eigenvalue weighted by atomic mass is 32.1. The minimum atomic E-state index is -0.200. The second-order valence-electron chi connectivity index (χ2n) is 17.7. The summed E-state index contributed by atoms with van der Waals surface area (Å²) in [7, 11) is 0. The van der Waals surface area contributed by atoms with Crippen LogP contribution in [-0.4, -0.2) is 16.1 Å². The summed E-state index contributed by atoms with van der Waals surface area (Å²) in [6, 6.07) is 75.1. The number of benzene rings is 10. The van der Waals surface area contributed by atoms with Gasteiger partial charge in [0, 0.05) is 42.2 Å². The predicted molar refractivity (Wildman–Crippen MR) is 285 cm³/mol. The first kappa shape index (κ1) is 39.9. The maximum Gasteiger partial charge on any atom is 0.156 e. The molecule has 0 amide bonds. The molecule has 0 fully saturated rings. The summed E-state index contributed by atoms with van der Waals surface area (Å²) >= 11 is 1.87. The second-order valence-corrected chi connectivity index (χ2v) is 18.8. The zero-order chi connectivity index (χ0) is 44.3. The summed E-state index contributed by atoms with van der Waals surface area (Å²) in [4.78, 5) is 11.6. The molecule has 12 aromatic rings. The second kappa shape index (κ2) is 16.4. The molecule has 0 aliphatic rings. The number of rotatable bonds is 8. The van der Waals surface area contributed by atoms with E-state index in [2.05, 4.69) is 232 Å². The van der Waals surface area contributed by atoms with Gasteiger partial charge >= 0.3 is 0 Å². The number of fused-ring (bicyclic) bond motifs is 10. The summed E-state index contributed by atoms with van der Waals surface area (Å²) in [5.74, 6) is 0.947. The van der Waals surface area contributed by atoms with Crippen LogP contribution in [0.4, 0.5) is 0 Å². The van der Waals surface area contributed by atoms with Crippen LogP contribution in [0.15, 0.2) is 216 Å². The van der Waals surface area contributed by atoms with Crippen molar-refractivity contribution in [3.05, 3.63) is 223 Å². The fourth-order valence-electron chi connectivity index (χ4n) is 10.2. The first-order chi connectivity index (χ1) is 32.5. The van der Waals surface area contributed by atoms with Crippen LogP contribution in [0.25, 0.3) is 91.1 Å². The lowest BCUT2D eigenvalue weighted by atomic mass is 9.91. The van der Waals surface area contributed by atoms with Crippen LogP contribution in [0, 0.1) is 5.92 Å². The van der Waals surface area contributed by atoms with E-state index in [1.165, 1.54) is 91.3 Å². The molecule has 0 radical (unpaired) electrons. The van der Waals surface area contributed by atoms with Gasteiger partial charge in [0.1, 0.15) is 0 Å². The molecule has 0 aliphatic heterocycles. The van der Waals surface area contributed by atoms with E-state index in [9.17, 15) is 0 Å². The largest absolute Gasteiger partial charge is 0.309 e. The van der Waals surface area contributed by atoms with E-state index in [4.69, 9.17) is 9.98 Å². The first-order valence-electron chi connectivity index (χ1n) is 23.1. The van der Waals surface area contributed by atoms with Crippen LogP contribution >= 0.6 is 11.3 Å². The van der Waals surface area contributed by atoms with Crippen molar-refractivity contribution in [3.63, 3.8) is 0 Å². The Kier molecular flexibility index (Phi) is 9.91. The molecule has 0 spiro atoms. The Morgan fingerprint density at radius 2 is 1.14 bits per heavy atom. The Morgan fingerprint density at radius 1 is 0.515 bits per heavy atom. The van der Waals surface area contributed by atoms with Gasteiger partial charge in [-0.15, -0.1) is 11.3 Å². The number of aromatic nitrogens is 1. The molecule has 4 heteroatoms. The van der Waals surface area contributed by atoms with E-state index in [0.717, 1.165) is 34.5 Å². The van der Waals surface area contributed by atoms with Gasteiger partial charge in [0.2, 0.25) is 0 Å². The van der Waals surface area contributed by atoms with Crippen LogP contribution in [0.2, 0.25) is 0 Å². The molecule has 0 bridgehead atoms. The molecule has 3 nitrogen and oxygen atoms in total. The smallest absolute Gasteiger partial charge is 0.156 e. The lowest BCUT2D eigenvalue weighted by Gasteiger charge is -2.23. The molecule has 12 rings (SSSR count). The van der Waals surface area contributed by atoms with Crippen molar-refractivity contribution in [2.24, 2.45) is 15.9 Å². The maximum absolute atomic E-state index is 5.95. The van der Waals surface area contributed by atoms with Crippen molar-refractivity contribution in [2.45, 2.75) is 33.2 Å². The van der Waals surface area contributed by atoms with Gasteiger partial charge in [-0.2, -0.15) is 0 Å². The van der Waals surface area contributed by atoms with Crippen molar-refractivity contribution in [1.29, 1.82) is 0 Å². The minimum absolute atomic E-state index is 0.200. The van der Waals surface area contributed by atoms with Gasteiger partial charge in [-0.05, 0) is 110 Å². The Labute approximate surface area is 388 Å². The number of hydrogen-bond acceptors (Lipinski definition) is 2. The Bertz CT molecular complexity index is 3890. The van der Waals surface area contributed by atoms with Gasteiger partial charge in [0.05, 0.1) is 22.8 Å². The summed E-state index contributed by atoms with van der Waals surface area (Å²) in [5.41, 5.74) is 10.2. The fraction of sp³-hybridized carbons (Fsp3) is 0.0968. The summed E-state index contributed by atoms with van der Waals surface area (Å²) in [6.07, 6.45) is 0.949. The zero-order valence-corrected chi connectivity index (χ0v) is 38.1. The maximum atomic E-state index is 5.95. The highest BCUT2D eigenvalue weighted by Crippen LogP contribution is 2.45. The van der Waals surface area contributed by atoms with Crippen LogP contribution < -0.4 is 0 Å². The fourth-order valence-corrected chi connectivity index (χ4v) is 11.3. The van der Waals surface area contributed by atoms with Crippen molar-refractivity contribution in [1.82, 2.24) is 4.57 Å². The van der Waals surface area contributed by atoms with Gasteiger partial charge in [0.25, 0.3) is 0 Å².